The largest absolute Gasteiger partial charge is 0.497 e. The van der Waals surface area contributed by atoms with Gasteiger partial charge in [-0.05, 0) is 88.7 Å². The number of ether oxygens (including phenoxy) is 2. The van der Waals surface area contributed by atoms with Gasteiger partial charge in [0.25, 0.3) is 0 Å². The maximum absolute atomic E-state index is 13.1. The summed E-state index contributed by atoms with van der Waals surface area (Å²) in [6.45, 7) is 6.94. The van der Waals surface area contributed by atoms with Crippen LogP contribution in [0.2, 0.25) is 0 Å². The molecule has 0 radical (unpaired) electrons. The average molecular weight is 553 g/mol. The van der Waals surface area contributed by atoms with Crippen LogP contribution in [0, 0.1) is 13.8 Å². The third-order valence-corrected chi connectivity index (χ3v) is 9.80. The molecule has 1 aromatic rings. The number of methoxy groups -OCH3 is 1. The summed E-state index contributed by atoms with van der Waals surface area (Å²) in [5.41, 5.74) is 1.08. The van der Waals surface area contributed by atoms with E-state index >= 15 is 0 Å². The molecule has 2 aliphatic rings. The molecule has 11 heteroatoms. The Bertz CT molecular complexity index is 1040. The van der Waals surface area contributed by atoms with Gasteiger partial charge in [-0.15, -0.1) is 0 Å². The summed E-state index contributed by atoms with van der Waals surface area (Å²) in [6, 6.07) is 3.41. The zero-order valence-electron chi connectivity index (χ0n) is 23.5. The van der Waals surface area contributed by atoms with Crippen LogP contribution in [0.5, 0.6) is 5.75 Å². The molecule has 3 rings (SSSR count). The Hall–Kier alpha value is -2.21. The highest BCUT2D eigenvalue weighted by Gasteiger charge is 2.29. The van der Waals surface area contributed by atoms with Crippen molar-refractivity contribution in [2.24, 2.45) is 0 Å². The summed E-state index contributed by atoms with van der Waals surface area (Å²) in [7, 11) is 0.742. The molecule has 0 aromatic heterocycles. The first kappa shape index (κ1) is 30.3. The molecular formula is C27H44N4O6S. The van der Waals surface area contributed by atoms with Crippen LogP contribution in [0.3, 0.4) is 0 Å². The molecule has 38 heavy (non-hydrogen) atoms. The standard InChI is InChI=1S/C27H44N4O6S/c1-20-16-24(36-5)17-21(2)27(20)38(34,35)29(3)19-25(32)28-18-26(33)30(4)22-8-10-23(11-9-22)37-15-14-31-12-6-7-13-31/h16-17,22-23H,6-15,18-19H2,1-5H3,(H,28,32). The van der Waals surface area contributed by atoms with E-state index in [1.54, 1.807) is 37.9 Å². The van der Waals surface area contributed by atoms with Crippen molar-refractivity contribution in [3.63, 3.8) is 0 Å². The van der Waals surface area contributed by atoms with E-state index in [9.17, 15) is 18.0 Å². The zero-order valence-corrected chi connectivity index (χ0v) is 24.3. The third kappa shape index (κ3) is 7.91. The van der Waals surface area contributed by atoms with Gasteiger partial charge >= 0.3 is 0 Å². The number of benzene rings is 1. The Kier molecular flexibility index (Phi) is 11.0. The van der Waals surface area contributed by atoms with Crippen molar-refractivity contribution in [1.29, 1.82) is 0 Å². The minimum absolute atomic E-state index is 0.113. The summed E-state index contributed by atoms with van der Waals surface area (Å²) >= 11 is 0. The van der Waals surface area contributed by atoms with Gasteiger partial charge in [0.2, 0.25) is 21.8 Å². The van der Waals surface area contributed by atoms with Crippen LogP contribution in [0.25, 0.3) is 0 Å². The molecule has 2 amide bonds. The Balaban J connectivity index is 1.41. The molecule has 0 atom stereocenters. The van der Waals surface area contributed by atoms with Crippen molar-refractivity contribution in [1.82, 2.24) is 19.4 Å². The SMILES string of the molecule is COc1cc(C)c(S(=O)(=O)N(C)CC(=O)NCC(=O)N(C)C2CCC(OCCN3CCCC3)CC2)c(C)c1. The topological polar surface area (TPSA) is 108 Å². The lowest BCUT2D eigenvalue weighted by Gasteiger charge is -2.35. The molecule has 10 nitrogen and oxygen atoms in total. The predicted octanol–water partition coefficient (Wildman–Crippen LogP) is 1.93. The van der Waals surface area contributed by atoms with Gasteiger partial charge in [0.05, 0.1) is 37.8 Å². The zero-order chi connectivity index (χ0) is 27.9. The fourth-order valence-electron chi connectivity index (χ4n) is 5.39. The second kappa shape index (κ2) is 13.7. The molecule has 1 aliphatic carbocycles. The number of sulfonamides is 1. The van der Waals surface area contributed by atoms with Crippen molar-refractivity contribution in [3.05, 3.63) is 23.3 Å². The third-order valence-electron chi connectivity index (χ3n) is 7.69. The number of aryl methyl sites for hydroxylation is 2. The van der Waals surface area contributed by atoms with Gasteiger partial charge in [-0.1, -0.05) is 0 Å². The van der Waals surface area contributed by atoms with E-state index in [0.29, 0.717) is 16.9 Å². The Morgan fingerprint density at radius 1 is 1.05 bits per heavy atom. The van der Waals surface area contributed by atoms with E-state index in [1.807, 2.05) is 0 Å². The minimum Gasteiger partial charge on any atom is -0.497 e. The highest BCUT2D eigenvalue weighted by molar-refractivity contribution is 7.89. The van der Waals surface area contributed by atoms with Crippen LogP contribution in [-0.4, -0.2) is 107 Å². The minimum atomic E-state index is -3.90. The lowest BCUT2D eigenvalue weighted by atomic mass is 9.92. The van der Waals surface area contributed by atoms with Gasteiger partial charge in [-0.3, -0.25) is 9.59 Å². The number of amides is 2. The molecular weight excluding hydrogens is 508 g/mol. The number of nitrogens with zero attached hydrogens (tertiary/aromatic N) is 3. The lowest BCUT2D eigenvalue weighted by molar-refractivity contribution is -0.134. The van der Waals surface area contributed by atoms with Crippen LogP contribution in [0.4, 0.5) is 0 Å². The van der Waals surface area contributed by atoms with Gasteiger partial charge in [0.15, 0.2) is 0 Å². The number of hydrogen-bond donors (Lipinski definition) is 1. The fourth-order valence-corrected chi connectivity index (χ4v) is 6.92. The number of carbonyl (C=O) groups is 2. The van der Waals surface area contributed by atoms with Crippen LogP contribution in [-0.2, 0) is 24.3 Å². The average Bonchev–Trinajstić information content (AvgIpc) is 3.40. The highest BCUT2D eigenvalue weighted by atomic mass is 32.2. The van der Waals surface area contributed by atoms with Crippen molar-refractivity contribution >= 4 is 21.8 Å². The monoisotopic (exact) mass is 552 g/mol. The molecule has 1 N–H and O–H groups in total. The van der Waals surface area contributed by atoms with Crippen molar-refractivity contribution < 1.29 is 27.5 Å². The van der Waals surface area contributed by atoms with Crippen LogP contribution < -0.4 is 10.1 Å². The smallest absolute Gasteiger partial charge is 0.243 e. The summed E-state index contributed by atoms with van der Waals surface area (Å²) in [5.74, 6) is -0.152. The molecule has 1 saturated heterocycles. The lowest BCUT2D eigenvalue weighted by Crippen LogP contribution is -2.47. The van der Waals surface area contributed by atoms with E-state index in [1.165, 1.54) is 40.1 Å². The van der Waals surface area contributed by atoms with Crippen LogP contribution in [0.1, 0.15) is 49.7 Å². The number of nitrogens with one attached hydrogen (secondary N) is 1. The number of rotatable bonds is 12. The summed E-state index contributed by atoms with van der Waals surface area (Å²) in [5, 5.41) is 2.58. The van der Waals surface area contributed by atoms with Crippen molar-refractivity contribution in [2.45, 2.75) is 69.4 Å². The number of carbonyl (C=O) groups excluding carboxylic acids is 2. The molecule has 1 aliphatic heterocycles. The molecule has 0 unspecified atom stereocenters. The highest BCUT2D eigenvalue weighted by Crippen LogP contribution is 2.28. The molecule has 1 aromatic carbocycles. The van der Waals surface area contributed by atoms with E-state index in [4.69, 9.17) is 9.47 Å². The van der Waals surface area contributed by atoms with Gasteiger partial charge in [-0.2, -0.15) is 4.31 Å². The Morgan fingerprint density at radius 2 is 1.66 bits per heavy atom. The molecule has 1 saturated carbocycles. The normalized spacial score (nSPS) is 20.5. The van der Waals surface area contributed by atoms with Gasteiger partial charge < -0.3 is 24.6 Å². The van der Waals surface area contributed by atoms with Gasteiger partial charge in [-0.25, -0.2) is 8.42 Å². The first-order valence-corrected chi connectivity index (χ1v) is 14.9. The fraction of sp³-hybridized carbons (Fsp3) is 0.704. The summed E-state index contributed by atoms with van der Waals surface area (Å²) in [6.07, 6.45) is 6.38. The van der Waals surface area contributed by atoms with E-state index < -0.39 is 15.9 Å². The summed E-state index contributed by atoms with van der Waals surface area (Å²) < 4.78 is 38.6. The Labute approximate surface area is 227 Å². The van der Waals surface area contributed by atoms with E-state index in [0.717, 1.165) is 43.1 Å². The van der Waals surface area contributed by atoms with Crippen molar-refractivity contribution in [3.8, 4) is 5.75 Å². The second-order valence-electron chi connectivity index (χ2n) is 10.5. The number of likely N-dealkylation sites (N-methyl/N-ethyl adjacent to an activating group) is 2. The second-order valence-corrected chi connectivity index (χ2v) is 12.5. The number of likely N-dealkylation sites (tertiary alicyclic amines) is 1. The van der Waals surface area contributed by atoms with Gasteiger partial charge in [0.1, 0.15) is 5.75 Å². The Morgan fingerprint density at radius 3 is 2.24 bits per heavy atom. The number of hydrogen-bond acceptors (Lipinski definition) is 7. The predicted molar refractivity (Wildman–Crippen MR) is 146 cm³/mol. The van der Waals surface area contributed by atoms with E-state index in [2.05, 4.69) is 10.2 Å². The molecule has 2 fully saturated rings. The quantitative estimate of drug-likeness (QED) is 0.422. The van der Waals surface area contributed by atoms with E-state index in [-0.39, 0.29) is 36.0 Å². The summed E-state index contributed by atoms with van der Waals surface area (Å²) in [4.78, 5) is 29.5. The first-order valence-electron chi connectivity index (χ1n) is 13.5. The van der Waals surface area contributed by atoms with Crippen molar-refractivity contribution in [2.75, 3.05) is 60.5 Å². The first-order chi connectivity index (χ1) is 18.0. The maximum atomic E-state index is 13.1. The maximum Gasteiger partial charge on any atom is 0.243 e. The molecule has 1 heterocycles. The van der Waals surface area contributed by atoms with Gasteiger partial charge in [0, 0.05) is 26.7 Å². The molecule has 0 spiro atoms. The molecule has 0 bridgehead atoms. The van der Waals surface area contributed by atoms with Crippen LogP contribution >= 0.6 is 0 Å². The molecule has 214 valence electrons. The van der Waals surface area contributed by atoms with Crippen LogP contribution in [0.15, 0.2) is 17.0 Å².